The third-order valence-electron chi connectivity index (χ3n) is 11.5. The summed E-state index contributed by atoms with van der Waals surface area (Å²) < 4.78 is 48.4. The highest BCUT2D eigenvalue weighted by molar-refractivity contribution is 6.13. The lowest BCUT2D eigenvalue weighted by molar-refractivity contribution is -0.137. The Kier molecular flexibility index (Phi) is 8.33. The van der Waals surface area contributed by atoms with E-state index in [1.54, 1.807) is 6.92 Å². The number of hydrogen-bond acceptors (Lipinski definition) is 1. The van der Waals surface area contributed by atoms with Gasteiger partial charge in [0, 0.05) is 27.1 Å². The fraction of sp³-hybridized carbons (Fsp3) is 0.0755. The van der Waals surface area contributed by atoms with Crippen LogP contribution in [-0.2, 0) is 6.18 Å². The molecule has 2 heterocycles. The minimum atomic E-state index is -4.58. The molecular formula is C53H36F3N3. The molecule has 0 aliphatic rings. The third-order valence-corrected chi connectivity index (χ3v) is 11.5. The molecule has 0 spiro atoms. The molecule has 10 rings (SSSR count). The molecule has 59 heavy (non-hydrogen) atoms. The van der Waals surface area contributed by atoms with Gasteiger partial charge in [-0.05, 0) is 115 Å². The molecule has 0 amide bonds. The van der Waals surface area contributed by atoms with Crippen LogP contribution < -0.4 is 0 Å². The molecule has 3 nitrogen and oxygen atoms in total. The number of aryl methyl sites for hydroxylation is 3. The van der Waals surface area contributed by atoms with Crippen molar-refractivity contribution in [2.75, 3.05) is 0 Å². The quantitative estimate of drug-likeness (QED) is 0.172. The predicted molar refractivity (Wildman–Crippen MR) is 235 cm³/mol. The molecule has 284 valence electrons. The van der Waals surface area contributed by atoms with Crippen molar-refractivity contribution < 1.29 is 13.2 Å². The van der Waals surface area contributed by atoms with Crippen LogP contribution in [0.15, 0.2) is 164 Å². The lowest BCUT2D eigenvalue weighted by Crippen LogP contribution is -2.08. The van der Waals surface area contributed by atoms with Gasteiger partial charge in [0.2, 0.25) is 0 Å². The first kappa shape index (κ1) is 36.0. The Bertz CT molecular complexity index is 3150. The molecule has 0 aliphatic carbocycles. The molecule has 8 aromatic carbocycles. The Hall–Kier alpha value is -7.36. The van der Waals surface area contributed by atoms with Crippen molar-refractivity contribution in [1.82, 2.24) is 9.13 Å². The maximum atomic E-state index is 14.7. The van der Waals surface area contributed by atoms with Crippen molar-refractivity contribution in [3.8, 4) is 50.8 Å². The van der Waals surface area contributed by atoms with E-state index in [4.69, 9.17) is 0 Å². The van der Waals surface area contributed by atoms with Gasteiger partial charge in [-0.25, -0.2) is 0 Å². The van der Waals surface area contributed by atoms with Crippen LogP contribution in [0.3, 0.4) is 0 Å². The van der Waals surface area contributed by atoms with E-state index in [2.05, 4.69) is 126 Å². The SMILES string of the molecule is Cc1ccc(-c2ccc3c(c2)c2ccccc2n3-c2cc(C#N)cc(-n3c4ccccc4c4cc(-c5ccc(C)cc5)ccc43)c2-c2cc(C)cc(C(F)(F)F)c2)cc1. The van der Waals surface area contributed by atoms with Gasteiger partial charge in [-0.1, -0.05) is 114 Å². The number of rotatable bonds is 5. The molecule has 0 atom stereocenters. The van der Waals surface area contributed by atoms with E-state index in [-0.39, 0.29) is 0 Å². The zero-order chi connectivity index (χ0) is 40.6. The molecule has 0 unspecified atom stereocenters. The van der Waals surface area contributed by atoms with Crippen molar-refractivity contribution in [1.29, 1.82) is 5.26 Å². The molecule has 0 fully saturated rings. The minimum Gasteiger partial charge on any atom is -0.308 e. The highest BCUT2D eigenvalue weighted by Gasteiger charge is 2.32. The number of fused-ring (bicyclic) bond motifs is 6. The molecule has 10 aromatic rings. The van der Waals surface area contributed by atoms with Crippen LogP contribution in [0.25, 0.3) is 88.4 Å². The van der Waals surface area contributed by atoms with E-state index in [9.17, 15) is 18.4 Å². The van der Waals surface area contributed by atoms with Crippen LogP contribution in [0, 0.1) is 32.1 Å². The summed E-state index contributed by atoms with van der Waals surface area (Å²) in [5.41, 5.74) is 12.4. The Morgan fingerprint density at radius 3 is 1.32 bits per heavy atom. The smallest absolute Gasteiger partial charge is 0.308 e. The maximum Gasteiger partial charge on any atom is 0.416 e. The molecule has 0 saturated carbocycles. The molecule has 0 bridgehead atoms. The number of benzene rings is 8. The van der Waals surface area contributed by atoms with Gasteiger partial charge >= 0.3 is 6.18 Å². The van der Waals surface area contributed by atoms with Crippen LogP contribution in [0.2, 0.25) is 0 Å². The number of para-hydroxylation sites is 2. The fourth-order valence-corrected chi connectivity index (χ4v) is 8.73. The van der Waals surface area contributed by atoms with E-state index in [1.807, 2.05) is 54.6 Å². The van der Waals surface area contributed by atoms with Crippen LogP contribution in [0.1, 0.15) is 27.8 Å². The Morgan fingerprint density at radius 2 is 0.864 bits per heavy atom. The summed E-state index contributed by atoms with van der Waals surface area (Å²) in [6, 6.07) is 56.0. The zero-order valence-corrected chi connectivity index (χ0v) is 32.6. The van der Waals surface area contributed by atoms with Crippen LogP contribution in [-0.4, -0.2) is 9.13 Å². The first-order chi connectivity index (χ1) is 28.6. The fourth-order valence-electron chi connectivity index (χ4n) is 8.73. The molecule has 6 heteroatoms. The normalized spacial score (nSPS) is 11.9. The number of hydrogen-bond donors (Lipinski definition) is 0. The highest BCUT2D eigenvalue weighted by atomic mass is 19.4. The number of halogens is 3. The summed E-state index contributed by atoms with van der Waals surface area (Å²) in [6.45, 7) is 5.83. The summed E-state index contributed by atoms with van der Waals surface area (Å²) in [7, 11) is 0. The largest absolute Gasteiger partial charge is 0.416 e. The molecular weight excluding hydrogens is 736 g/mol. The summed E-state index contributed by atoms with van der Waals surface area (Å²) in [5.74, 6) is 0. The molecule has 0 N–H and O–H groups in total. The average Bonchev–Trinajstić information content (AvgIpc) is 3.75. The van der Waals surface area contributed by atoms with Crippen LogP contribution in [0.4, 0.5) is 13.2 Å². The number of nitriles is 1. The lowest BCUT2D eigenvalue weighted by Gasteiger charge is -2.22. The average molecular weight is 772 g/mol. The summed E-state index contributed by atoms with van der Waals surface area (Å²) in [4.78, 5) is 0. The van der Waals surface area contributed by atoms with Crippen molar-refractivity contribution in [2.45, 2.75) is 26.9 Å². The Balaban J connectivity index is 1.33. The van der Waals surface area contributed by atoms with E-state index >= 15 is 0 Å². The highest BCUT2D eigenvalue weighted by Crippen LogP contribution is 2.45. The van der Waals surface area contributed by atoms with Crippen molar-refractivity contribution in [3.05, 3.63) is 192 Å². The standard InChI is InChI=1S/C53H36F3N3/c1-32-12-16-36(17-13-32)38-20-22-48-44(29-38)42-8-4-6-10-46(42)58(48)50-26-35(31-57)27-51(52(50)40-24-34(3)25-41(28-40)53(54,55)56)59-47-11-7-5-9-43(47)45-30-39(21-23-49(45)59)37-18-14-33(2)15-19-37/h4-30H,1-3H3. The van der Waals surface area contributed by atoms with E-state index in [0.29, 0.717) is 33.6 Å². The molecule has 0 saturated heterocycles. The zero-order valence-electron chi connectivity index (χ0n) is 32.6. The van der Waals surface area contributed by atoms with Gasteiger partial charge in [0.25, 0.3) is 0 Å². The van der Waals surface area contributed by atoms with Crippen molar-refractivity contribution >= 4 is 43.6 Å². The molecule has 0 radical (unpaired) electrons. The maximum absolute atomic E-state index is 14.7. The summed E-state index contributed by atoms with van der Waals surface area (Å²) in [5, 5.41) is 14.7. The van der Waals surface area contributed by atoms with Crippen molar-refractivity contribution in [3.63, 3.8) is 0 Å². The first-order valence-electron chi connectivity index (χ1n) is 19.5. The Morgan fingerprint density at radius 1 is 0.424 bits per heavy atom. The monoisotopic (exact) mass is 771 g/mol. The third kappa shape index (κ3) is 6.06. The second-order valence-electron chi connectivity index (χ2n) is 15.5. The second-order valence-corrected chi connectivity index (χ2v) is 15.5. The summed E-state index contributed by atoms with van der Waals surface area (Å²) in [6.07, 6.45) is -4.58. The second kappa shape index (κ2) is 13.6. The van der Waals surface area contributed by atoms with Crippen LogP contribution >= 0.6 is 0 Å². The van der Waals surface area contributed by atoms with Gasteiger partial charge in [0.15, 0.2) is 0 Å². The van der Waals surface area contributed by atoms with Gasteiger partial charge < -0.3 is 9.13 Å². The summed E-state index contributed by atoms with van der Waals surface area (Å²) >= 11 is 0. The van der Waals surface area contributed by atoms with Gasteiger partial charge in [-0.3, -0.25) is 0 Å². The number of nitrogens with zero attached hydrogens (tertiary/aromatic N) is 3. The predicted octanol–water partition coefficient (Wildman–Crippen LogP) is 14.7. The number of alkyl halides is 3. The lowest BCUT2D eigenvalue weighted by atomic mass is 9.95. The van der Waals surface area contributed by atoms with Gasteiger partial charge in [-0.15, -0.1) is 0 Å². The number of aromatic nitrogens is 2. The van der Waals surface area contributed by atoms with E-state index in [1.165, 1.54) is 23.3 Å². The van der Waals surface area contributed by atoms with Gasteiger partial charge in [0.05, 0.1) is 50.6 Å². The van der Waals surface area contributed by atoms with Gasteiger partial charge in [-0.2, -0.15) is 18.4 Å². The minimum absolute atomic E-state index is 0.381. The van der Waals surface area contributed by atoms with Crippen molar-refractivity contribution in [2.24, 2.45) is 0 Å². The van der Waals surface area contributed by atoms with E-state index < -0.39 is 11.7 Å². The Labute approximate surface area is 339 Å². The molecule has 2 aromatic heterocycles. The molecule has 0 aliphatic heterocycles. The van der Waals surface area contributed by atoms with Gasteiger partial charge in [0.1, 0.15) is 0 Å². The topological polar surface area (TPSA) is 33.6 Å². The first-order valence-corrected chi connectivity index (χ1v) is 19.5. The van der Waals surface area contributed by atoms with Crippen LogP contribution in [0.5, 0.6) is 0 Å². The van der Waals surface area contributed by atoms with E-state index in [0.717, 1.165) is 65.9 Å².